The van der Waals surface area contributed by atoms with Crippen LogP contribution in [0.15, 0.2) is 24.5 Å². The van der Waals surface area contributed by atoms with Crippen LogP contribution in [0.3, 0.4) is 0 Å². The quantitative estimate of drug-likeness (QED) is 0.862. The van der Waals surface area contributed by atoms with Crippen LogP contribution in [0.25, 0.3) is 5.69 Å². The fraction of sp³-hybridized carbons (Fsp3) is 0.308. The first-order valence-electron chi connectivity index (χ1n) is 5.91. The van der Waals surface area contributed by atoms with E-state index in [1.165, 1.54) is 17.0 Å². The van der Waals surface area contributed by atoms with E-state index in [9.17, 15) is 13.2 Å². The van der Waals surface area contributed by atoms with Gasteiger partial charge in [0.2, 0.25) is 5.95 Å². The van der Waals surface area contributed by atoms with Gasteiger partial charge in [-0.3, -0.25) is 4.57 Å². The van der Waals surface area contributed by atoms with Crippen LogP contribution in [0.4, 0.5) is 19.1 Å². The fourth-order valence-electron chi connectivity index (χ4n) is 1.64. The van der Waals surface area contributed by atoms with Crippen molar-refractivity contribution in [1.29, 1.82) is 0 Å². The number of anilines is 1. The lowest BCUT2D eigenvalue weighted by Gasteiger charge is -2.12. The van der Waals surface area contributed by atoms with Gasteiger partial charge < -0.3 is 5.32 Å². The van der Waals surface area contributed by atoms with E-state index in [1.807, 2.05) is 13.8 Å². The van der Waals surface area contributed by atoms with Gasteiger partial charge >= 0.3 is 0 Å². The van der Waals surface area contributed by atoms with Crippen molar-refractivity contribution >= 4 is 5.95 Å². The lowest BCUT2D eigenvalue weighted by atomic mass is 10.2. The largest absolute Gasteiger partial charge is 0.355 e. The van der Waals surface area contributed by atoms with Crippen molar-refractivity contribution in [2.24, 2.45) is 5.92 Å². The summed E-state index contributed by atoms with van der Waals surface area (Å²) in [7, 11) is 0. The molecule has 0 saturated heterocycles. The van der Waals surface area contributed by atoms with E-state index in [1.54, 1.807) is 0 Å². The van der Waals surface area contributed by atoms with Crippen LogP contribution in [0, 0.1) is 23.4 Å². The monoisotopic (exact) mass is 269 g/mol. The van der Waals surface area contributed by atoms with E-state index in [4.69, 9.17) is 0 Å². The predicted molar refractivity (Wildman–Crippen MR) is 66.8 cm³/mol. The Morgan fingerprint density at radius 3 is 2.68 bits per heavy atom. The van der Waals surface area contributed by atoms with Crippen LogP contribution in [0.1, 0.15) is 13.8 Å². The molecule has 0 amide bonds. The number of imidazole rings is 1. The average molecular weight is 269 g/mol. The Bertz CT molecular complexity index is 579. The summed E-state index contributed by atoms with van der Waals surface area (Å²) in [6.45, 7) is 4.63. The maximum atomic E-state index is 13.7. The molecule has 2 rings (SSSR count). The highest BCUT2D eigenvalue weighted by molar-refractivity contribution is 5.43. The Hall–Kier alpha value is -1.98. The third-order valence-electron chi connectivity index (χ3n) is 2.54. The minimum atomic E-state index is -1.22. The number of nitrogens with one attached hydrogen (secondary N) is 1. The molecule has 1 heterocycles. The normalized spacial score (nSPS) is 11.1. The van der Waals surface area contributed by atoms with E-state index in [-0.39, 0.29) is 5.69 Å². The molecule has 0 atom stereocenters. The number of aromatic nitrogens is 2. The molecule has 0 bridgehead atoms. The molecule has 6 heteroatoms. The van der Waals surface area contributed by atoms with Gasteiger partial charge in [0.25, 0.3) is 0 Å². The highest BCUT2D eigenvalue weighted by Gasteiger charge is 2.15. The second-order valence-electron chi connectivity index (χ2n) is 4.62. The van der Waals surface area contributed by atoms with Gasteiger partial charge in [-0.1, -0.05) is 13.8 Å². The van der Waals surface area contributed by atoms with Crippen LogP contribution in [-0.2, 0) is 0 Å². The van der Waals surface area contributed by atoms with Gasteiger partial charge in [0.15, 0.2) is 11.6 Å². The Balaban J connectivity index is 2.40. The summed E-state index contributed by atoms with van der Waals surface area (Å²) >= 11 is 0. The maximum absolute atomic E-state index is 13.7. The van der Waals surface area contributed by atoms with Crippen LogP contribution < -0.4 is 5.32 Å². The van der Waals surface area contributed by atoms with Crippen molar-refractivity contribution in [1.82, 2.24) is 9.55 Å². The van der Waals surface area contributed by atoms with Gasteiger partial charge in [-0.25, -0.2) is 18.2 Å². The topological polar surface area (TPSA) is 29.9 Å². The Labute approximate surface area is 109 Å². The van der Waals surface area contributed by atoms with Crippen molar-refractivity contribution in [2.75, 3.05) is 11.9 Å². The molecular weight excluding hydrogens is 255 g/mol. The van der Waals surface area contributed by atoms with Gasteiger partial charge in [0.05, 0.1) is 5.69 Å². The van der Waals surface area contributed by atoms with Crippen LogP contribution in [0.5, 0.6) is 0 Å². The Morgan fingerprint density at radius 1 is 1.26 bits per heavy atom. The first-order valence-corrected chi connectivity index (χ1v) is 5.91. The molecule has 0 unspecified atom stereocenters. The van der Waals surface area contributed by atoms with Crippen molar-refractivity contribution in [3.63, 3.8) is 0 Å². The molecule has 3 nitrogen and oxygen atoms in total. The SMILES string of the molecule is CC(C)CNc1nccn1-c1cc(F)cc(F)c1F. The molecule has 0 aliphatic rings. The molecule has 0 saturated carbocycles. The first-order chi connectivity index (χ1) is 8.99. The summed E-state index contributed by atoms with van der Waals surface area (Å²) in [5.41, 5.74) is -0.207. The summed E-state index contributed by atoms with van der Waals surface area (Å²) in [5, 5.41) is 3.00. The number of halogens is 3. The third kappa shape index (κ3) is 2.89. The lowest BCUT2D eigenvalue weighted by molar-refractivity contribution is 0.490. The minimum absolute atomic E-state index is 0.207. The van der Waals surface area contributed by atoms with Crippen molar-refractivity contribution < 1.29 is 13.2 Å². The molecule has 19 heavy (non-hydrogen) atoms. The zero-order valence-electron chi connectivity index (χ0n) is 10.6. The van der Waals surface area contributed by atoms with Gasteiger partial charge in [-0.05, 0) is 5.92 Å². The van der Waals surface area contributed by atoms with Crippen LogP contribution in [0.2, 0.25) is 0 Å². The fourth-order valence-corrected chi connectivity index (χ4v) is 1.64. The number of rotatable bonds is 4. The highest BCUT2D eigenvalue weighted by Crippen LogP contribution is 2.21. The molecule has 102 valence electrons. The molecule has 0 aliphatic carbocycles. The smallest absolute Gasteiger partial charge is 0.207 e. The zero-order chi connectivity index (χ0) is 14.0. The zero-order valence-corrected chi connectivity index (χ0v) is 10.6. The molecule has 0 aliphatic heterocycles. The third-order valence-corrected chi connectivity index (χ3v) is 2.54. The second kappa shape index (κ2) is 5.34. The van der Waals surface area contributed by atoms with Gasteiger partial charge in [0.1, 0.15) is 5.82 Å². The average Bonchev–Trinajstić information content (AvgIpc) is 2.79. The van der Waals surface area contributed by atoms with E-state index < -0.39 is 17.5 Å². The van der Waals surface area contributed by atoms with E-state index >= 15 is 0 Å². The highest BCUT2D eigenvalue weighted by atomic mass is 19.2. The molecule has 2 aromatic rings. The van der Waals surface area contributed by atoms with E-state index in [0.717, 1.165) is 6.07 Å². The lowest BCUT2D eigenvalue weighted by Crippen LogP contribution is -2.13. The number of hydrogen-bond donors (Lipinski definition) is 1. The molecular formula is C13H14F3N3. The summed E-state index contributed by atoms with van der Waals surface area (Å²) in [6, 6.07) is 1.44. The minimum Gasteiger partial charge on any atom is -0.355 e. The number of nitrogens with zero attached hydrogens (tertiary/aromatic N) is 2. The van der Waals surface area contributed by atoms with Gasteiger partial charge in [0, 0.05) is 31.1 Å². The summed E-state index contributed by atoms with van der Waals surface area (Å²) in [4.78, 5) is 4.01. The first kappa shape index (κ1) is 13.5. The van der Waals surface area contributed by atoms with Crippen LogP contribution >= 0.6 is 0 Å². The predicted octanol–water partition coefficient (Wildman–Crippen LogP) is 3.36. The molecule has 1 aromatic carbocycles. The number of benzene rings is 1. The standard InChI is InChI=1S/C13H14F3N3/c1-8(2)7-18-13-17-3-4-19(13)11-6-9(14)5-10(15)12(11)16/h3-6,8H,7H2,1-2H3,(H,17,18). The molecule has 0 fully saturated rings. The molecule has 0 spiro atoms. The van der Waals surface area contributed by atoms with Gasteiger partial charge in [-0.2, -0.15) is 0 Å². The van der Waals surface area contributed by atoms with Crippen molar-refractivity contribution in [2.45, 2.75) is 13.8 Å². The van der Waals surface area contributed by atoms with Crippen molar-refractivity contribution in [3.05, 3.63) is 42.0 Å². The maximum Gasteiger partial charge on any atom is 0.207 e. The van der Waals surface area contributed by atoms with E-state index in [0.29, 0.717) is 24.5 Å². The summed E-state index contributed by atoms with van der Waals surface area (Å²) in [5.74, 6) is -2.46. The van der Waals surface area contributed by atoms with Gasteiger partial charge in [-0.15, -0.1) is 0 Å². The summed E-state index contributed by atoms with van der Waals surface area (Å²) in [6.07, 6.45) is 2.88. The Kier molecular flexibility index (Phi) is 3.78. The van der Waals surface area contributed by atoms with Crippen LogP contribution in [-0.4, -0.2) is 16.1 Å². The summed E-state index contributed by atoms with van der Waals surface area (Å²) < 4.78 is 41.4. The number of hydrogen-bond acceptors (Lipinski definition) is 2. The Morgan fingerprint density at radius 2 is 2.00 bits per heavy atom. The molecule has 1 aromatic heterocycles. The molecule has 0 radical (unpaired) electrons. The molecule has 1 N–H and O–H groups in total. The van der Waals surface area contributed by atoms with E-state index in [2.05, 4.69) is 10.3 Å². The second-order valence-corrected chi connectivity index (χ2v) is 4.62. The van der Waals surface area contributed by atoms with Crippen molar-refractivity contribution in [3.8, 4) is 5.69 Å².